The number of rotatable bonds is 5. The van der Waals surface area contributed by atoms with Crippen molar-refractivity contribution in [3.63, 3.8) is 0 Å². The predicted molar refractivity (Wildman–Crippen MR) is 67.3 cm³/mol. The van der Waals surface area contributed by atoms with E-state index in [-0.39, 0.29) is 0 Å². The Bertz CT molecular complexity index is 425. The van der Waals surface area contributed by atoms with Gasteiger partial charge in [0.1, 0.15) is 5.01 Å². The summed E-state index contributed by atoms with van der Waals surface area (Å²) in [7, 11) is 0. The third-order valence-corrected chi connectivity index (χ3v) is 3.15. The van der Waals surface area contributed by atoms with E-state index < -0.39 is 0 Å². The topological polar surface area (TPSA) is 37.8 Å². The number of aromatic nitrogens is 2. The van der Waals surface area contributed by atoms with E-state index in [1.165, 1.54) is 0 Å². The van der Waals surface area contributed by atoms with E-state index in [1.807, 2.05) is 12.1 Å². The molecule has 0 saturated carbocycles. The van der Waals surface area contributed by atoms with Gasteiger partial charge >= 0.3 is 0 Å². The van der Waals surface area contributed by atoms with Crippen LogP contribution in [-0.2, 0) is 6.54 Å². The maximum absolute atomic E-state index is 4.58. The van der Waals surface area contributed by atoms with Crippen molar-refractivity contribution in [1.82, 2.24) is 15.3 Å². The molecular formula is C12H15N3S. The van der Waals surface area contributed by atoms with Gasteiger partial charge in [0.05, 0.1) is 5.69 Å². The van der Waals surface area contributed by atoms with Crippen molar-refractivity contribution in [1.29, 1.82) is 0 Å². The van der Waals surface area contributed by atoms with E-state index in [4.69, 9.17) is 0 Å². The Hall–Kier alpha value is -1.26. The molecule has 2 aromatic heterocycles. The maximum Gasteiger partial charge on any atom is 0.123 e. The first-order chi connectivity index (χ1) is 7.90. The fourth-order valence-electron chi connectivity index (χ4n) is 1.41. The number of pyridine rings is 1. The molecule has 0 aliphatic heterocycles. The number of hydrogen-bond acceptors (Lipinski definition) is 4. The Labute approximate surface area is 99.6 Å². The van der Waals surface area contributed by atoms with Gasteiger partial charge in [-0.2, -0.15) is 0 Å². The molecule has 0 aliphatic rings. The highest BCUT2D eigenvalue weighted by atomic mass is 32.1. The van der Waals surface area contributed by atoms with Crippen LogP contribution in [0.15, 0.2) is 29.9 Å². The van der Waals surface area contributed by atoms with Gasteiger partial charge < -0.3 is 5.32 Å². The Morgan fingerprint density at radius 2 is 2.12 bits per heavy atom. The van der Waals surface area contributed by atoms with Crippen molar-refractivity contribution >= 4 is 11.3 Å². The summed E-state index contributed by atoms with van der Waals surface area (Å²) >= 11 is 1.68. The van der Waals surface area contributed by atoms with Gasteiger partial charge in [-0.05, 0) is 25.1 Å². The Balaban J connectivity index is 2.02. The second-order valence-electron chi connectivity index (χ2n) is 3.56. The van der Waals surface area contributed by atoms with Crippen molar-refractivity contribution in [2.75, 3.05) is 6.54 Å². The molecular weight excluding hydrogens is 218 g/mol. The van der Waals surface area contributed by atoms with Gasteiger partial charge in [0.2, 0.25) is 0 Å². The van der Waals surface area contributed by atoms with Crippen LogP contribution in [0.1, 0.15) is 19.0 Å². The number of hydrogen-bond donors (Lipinski definition) is 1. The summed E-state index contributed by atoms with van der Waals surface area (Å²) in [5.74, 6) is 0. The fourth-order valence-corrected chi connectivity index (χ4v) is 2.23. The smallest absolute Gasteiger partial charge is 0.123 e. The predicted octanol–water partition coefficient (Wildman–Crippen LogP) is 2.70. The fraction of sp³-hybridized carbons (Fsp3) is 0.333. The van der Waals surface area contributed by atoms with Crippen LogP contribution in [0.2, 0.25) is 0 Å². The van der Waals surface area contributed by atoms with Crippen molar-refractivity contribution in [3.05, 3.63) is 35.6 Å². The summed E-state index contributed by atoms with van der Waals surface area (Å²) in [5, 5.41) is 6.52. The monoisotopic (exact) mass is 233 g/mol. The van der Waals surface area contributed by atoms with Gasteiger partial charge in [0, 0.05) is 29.9 Å². The maximum atomic E-state index is 4.58. The molecule has 0 bridgehead atoms. The first-order valence-electron chi connectivity index (χ1n) is 5.45. The molecule has 0 atom stereocenters. The van der Waals surface area contributed by atoms with Gasteiger partial charge in [0.15, 0.2) is 0 Å². The van der Waals surface area contributed by atoms with Gasteiger partial charge in [0.25, 0.3) is 0 Å². The molecule has 0 saturated heterocycles. The van der Waals surface area contributed by atoms with Crippen molar-refractivity contribution in [2.24, 2.45) is 0 Å². The molecule has 1 N–H and O–H groups in total. The van der Waals surface area contributed by atoms with Gasteiger partial charge in [-0.15, -0.1) is 11.3 Å². The minimum atomic E-state index is 0.857. The summed E-state index contributed by atoms with van der Waals surface area (Å²) in [4.78, 5) is 8.58. The lowest BCUT2D eigenvalue weighted by Gasteiger charge is -1.98. The first kappa shape index (κ1) is 11.2. The lowest BCUT2D eigenvalue weighted by atomic mass is 10.3. The number of nitrogens with zero attached hydrogens (tertiary/aromatic N) is 2. The van der Waals surface area contributed by atoms with E-state index in [1.54, 1.807) is 23.7 Å². The molecule has 0 radical (unpaired) electrons. The van der Waals surface area contributed by atoms with E-state index in [2.05, 4.69) is 27.6 Å². The van der Waals surface area contributed by atoms with Gasteiger partial charge in [-0.1, -0.05) is 6.92 Å². The van der Waals surface area contributed by atoms with Crippen LogP contribution in [0.4, 0.5) is 0 Å². The standard InChI is InChI=1S/C12H15N3S/c1-2-5-14-8-11-9-16-12(15-11)10-3-6-13-7-4-10/h3-4,6-7,9,14H,2,5,8H2,1H3. The normalized spacial score (nSPS) is 10.6. The molecule has 0 aliphatic carbocycles. The SMILES string of the molecule is CCCNCc1csc(-c2ccncc2)n1. The molecule has 2 aromatic rings. The van der Waals surface area contributed by atoms with Gasteiger partial charge in [-0.3, -0.25) is 4.98 Å². The first-order valence-corrected chi connectivity index (χ1v) is 6.33. The zero-order valence-electron chi connectivity index (χ0n) is 9.31. The largest absolute Gasteiger partial charge is 0.311 e. The quantitative estimate of drug-likeness (QED) is 0.807. The lowest BCUT2D eigenvalue weighted by Crippen LogP contribution is -2.13. The summed E-state index contributed by atoms with van der Waals surface area (Å²) in [5.41, 5.74) is 2.26. The average Bonchev–Trinajstić information content (AvgIpc) is 2.79. The van der Waals surface area contributed by atoms with Crippen molar-refractivity contribution in [2.45, 2.75) is 19.9 Å². The van der Waals surface area contributed by atoms with Crippen LogP contribution in [0.5, 0.6) is 0 Å². The number of thiazole rings is 1. The minimum Gasteiger partial charge on any atom is -0.311 e. The molecule has 84 valence electrons. The van der Waals surface area contributed by atoms with E-state index >= 15 is 0 Å². The zero-order chi connectivity index (χ0) is 11.2. The molecule has 0 aromatic carbocycles. The van der Waals surface area contributed by atoms with Crippen LogP contribution in [-0.4, -0.2) is 16.5 Å². The summed E-state index contributed by atoms with van der Waals surface area (Å²) < 4.78 is 0. The van der Waals surface area contributed by atoms with Crippen molar-refractivity contribution in [3.8, 4) is 10.6 Å². The third kappa shape index (κ3) is 2.87. The Morgan fingerprint density at radius 1 is 1.31 bits per heavy atom. The molecule has 2 rings (SSSR count). The lowest BCUT2D eigenvalue weighted by molar-refractivity contribution is 0.667. The molecule has 16 heavy (non-hydrogen) atoms. The zero-order valence-corrected chi connectivity index (χ0v) is 10.1. The summed E-state index contributed by atoms with van der Waals surface area (Å²) in [6.07, 6.45) is 4.75. The minimum absolute atomic E-state index is 0.857. The molecule has 2 heterocycles. The molecule has 3 nitrogen and oxygen atoms in total. The second-order valence-corrected chi connectivity index (χ2v) is 4.41. The van der Waals surface area contributed by atoms with Crippen LogP contribution in [0, 0.1) is 0 Å². The van der Waals surface area contributed by atoms with Crippen LogP contribution >= 0.6 is 11.3 Å². The van der Waals surface area contributed by atoms with Crippen LogP contribution < -0.4 is 5.32 Å². The van der Waals surface area contributed by atoms with E-state index in [0.717, 1.165) is 35.8 Å². The second kappa shape index (κ2) is 5.72. The molecule has 0 spiro atoms. The van der Waals surface area contributed by atoms with Gasteiger partial charge in [-0.25, -0.2) is 4.98 Å². The van der Waals surface area contributed by atoms with E-state index in [9.17, 15) is 0 Å². The average molecular weight is 233 g/mol. The van der Waals surface area contributed by atoms with Crippen molar-refractivity contribution < 1.29 is 0 Å². The summed E-state index contributed by atoms with van der Waals surface area (Å²) in [6, 6.07) is 3.98. The third-order valence-electron chi connectivity index (χ3n) is 2.21. The highest BCUT2D eigenvalue weighted by Gasteiger charge is 2.03. The highest BCUT2D eigenvalue weighted by Crippen LogP contribution is 2.22. The molecule has 0 amide bonds. The summed E-state index contributed by atoms with van der Waals surface area (Å²) in [6.45, 7) is 4.06. The van der Waals surface area contributed by atoms with Crippen LogP contribution in [0.3, 0.4) is 0 Å². The van der Waals surface area contributed by atoms with Crippen LogP contribution in [0.25, 0.3) is 10.6 Å². The highest BCUT2D eigenvalue weighted by molar-refractivity contribution is 7.13. The molecule has 4 heteroatoms. The number of nitrogens with one attached hydrogen (secondary N) is 1. The molecule has 0 unspecified atom stereocenters. The molecule has 0 fully saturated rings. The van der Waals surface area contributed by atoms with E-state index in [0.29, 0.717) is 0 Å². The Kier molecular flexibility index (Phi) is 4.02. The Morgan fingerprint density at radius 3 is 2.88 bits per heavy atom.